The summed E-state index contributed by atoms with van der Waals surface area (Å²) in [5.41, 5.74) is 6.12. The van der Waals surface area contributed by atoms with E-state index in [2.05, 4.69) is 0 Å². The second-order valence-corrected chi connectivity index (χ2v) is 24.3. The molecule has 1 fully saturated rings. The highest BCUT2D eigenvalue weighted by atomic mass is 16.7. The lowest BCUT2D eigenvalue weighted by atomic mass is 9.82. The van der Waals surface area contributed by atoms with Crippen molar-refractivity contribution in [1.82, 2.24) is 0 Å². The minimum atomic E-state index is -1.89. The van der Waals surface area contributed by atoms with Gasteiger partial charge in [-0.2, -0.15) is 0 Å². The highest BCUT2D eigenvalue weighted by Gasteiger charge is 2.46. The largest absolute Gasteiger partial charge is 0.458 e. The van der Waals surface area contributed by atoms with E-state index in [0.717, 1.165) is 0 Å². The summed E-state index contributed by atoms with van der Waals surface area (Å²) in [4.78, 5) is 13.4. The summed E-state index contributed by atoms with van der Waals surface area (Å²) in [5.74, 6) is -6.34. The van der Waals surface area contributed by atoms with E-state index < -0.39 is 189 Å². The zero-order valence-corrected chi connectivity index (χ0v) is 51.0. The van der Waals surface area contributed by atoms with Gasteiger partial charge in [0.1, 0.15) is 36.6 Å². The van der Waals surface area contributed by atoms with E-state index in [1.165, 1.54) is 52.0 Å². The zero-order valence-electron chi connectivity index (χ0n) is 51.0. The molecule has 22 nitrogen and oxygen atoms in total. The lowest BCUT2D eigenvalue weighted by Crippen LogP contribution is -2.60. The number of nitrogens with two attached hydrogens (primary N) is 1. The van der Waals surface area contributed by atoms with Crippen molar-refractivity contribution in [2.75, 3.05) is 13.2 Å². The number of cyclic esters (lactones) is 1. The highest BCUT2D eigenvalue weighted by molar-refractivity contribution is 5.88. The smallest absolute Gasteiger partial charge is 0.334 e. The van der Waals surface area contributed by atoms with Crippen molar-refractivity contribution >= 4 is 5.97 Å². The van der Waals surface area contributed by atoms with Gasteiger partial charge in [-0.05, 0) is 70.9 Å². The second kappa shape index (κ2) is 38.5. The fraction of sp³-hybridized carbons (Fsp3) is 0.790. The number of hydrogen-bond donors (Lipinski definition) is 18. The zero-order chi connectivity index (χ0) is 63.9. The number of hydrogen-bond acceptors (Lipinski definition) is 22. The third kappa shape index (κ3) is 24.9. The van der Waals surface area contributed by atoms with Crippen LogP contribution in [0.1, 0.15) is 127 Å². The van der Waals surface area contributed by atoms with Crippen LogP contribution in [-0.2, 0) is 19.0 Å². The quantitative estimate of drug-likeness (QED) is 0.116. The summed E-state index contributed by atoms with van der Waals surface area (Å²) in [6.45, 7) is 15.7. The van der Waals surface area contributed by atoms with Crippen molar-refractivity contribution in [2.24, 2.45) is 53.1 Å². The number of aliphatic hydroxyl groups excluding tert-OH is 17. The van der Waals surface area contributed by atoms with Crippen LogP contribution in [0.15, 0.2) is 71.9 Å². The number of ether oxygens (including phenoxy) is 3. The molecule has 0 aliphatic carbocycles. The second-order valence-electron chi connectivity index (χ2n) is 24.3. The van der Waals surface area contributed by atoms with E-state index in [9.17, 15) is 91.6 Å². The summed E-state index contributed by atoms with van der Waals surface area (Å²) < 4.78 is 17.4. The number of carbonyl (C=O) groups is 1. The van der Waals surface area contributed by atoms with Gasteiger partial charge in [-0.1, -0.05) is 116 Å². The topological polar surface area (TPSA) is 415 Å². The molecule has 2 aliphatic rings. The monoisotopic (exact) mass is 1200 g/mol. The van der Waals surface area contributed by atoms with Gasteiger partial charge in [0.05, 0.1) is 86.0 Å². The Morgan fingerprint density at radius 3 is 1.76 bits per heavy atom. The summed E-state index contributed by atoms with van der Waals surface area (Å²) in [5, 5.41) is 187. The fourth-order valence-electron chi connectivity index (χ4n) is 10.4. The van der Waals surface area contributed by atoms with Crippen LogP contribution in [0.25, 0.3) is 0 Å². The first-order chi connectivity index (χ1) is 39.3. The number of esters is 1. The minimum Gasteiger partial charge on any atom is -0.458 e. The lowest BCUT2D eigenvalue weighted by molar-refractivity contribution is -0.314. The molecular weight excluding hydrogens is 1090 g/mol. The van der Waals surface area contributed by atoms with Gasteiger partial charge in [-0.3, -0.25) is 0 Å². The average Bonchev–Trinajstić information content (AvgIpc) is 3.56. The fourth-order valence-corrected chi connectivity index (χ4v) is 10.4. The molecule has 0 aromatic heterocycles. The first-order valence-electron chi connectivity index (χ1n) is 30.1. The molecule has 28 atom stereocenters. The maximum Gasteiger partial charge on any atom is 0.334 e. The molecule has 0 saturated carbocycles. The minimum absolute atomic E-state index is 0.0769. The van der Waals surface area contributed by atoms with Crippen molar-refractivity contribution < 1.29 is 106 Å². The molecule has 488 valence electrons. The molecule has 0 aromatic rings. The van der Waals surface area contributed by atoms with Gasteiger partial charge < -0.3 is 107 Å². The average molecular weight is 1200 g/mol. The maximum atomic E-state index is 13.4. The summed E-state index contributed by atoms with van der Waals surface area (Å²) in [6.07, 6.45) is -11.0. The van der Waals surface area contributed by atoms with Crippen molar-refractivity contribution in [1.29, 1.82) is 0 Å². The Kier molecular flexibility index (Phi) is 35.4. The van der Waals surface area contributed by atoms with Gasteiger partial charge in [-0.25, -0.2) is 4.79 Å². The SMILES string of the molecule is CC1=CC=CC(C)C(O)C(C)C(O)CCC=CC(C)C(O)C=CC(C)C(O)C(C)=CC(O[C@H]2O[C@H](CO)[C@@H](O)[C@H](O)[C@@H]2O)C(O)C(C)C(O)CC(O)CC(O)C(C)C(O)C(C)C(O)CC(O)CC(O)C=CCC(C(C)C(O)CCCN)OC1=O. The Hall–Kier alpha value is -2.89. The van der Waals surface area contributed by atoms with E-state index in [0.29, 0.717) is 32.2 Å². The molecule has 0 bridgehead atoms. The number of carbonyl (C=O) groups excluding carboxylic acids is 1. The Balaban J connectivity index is 2.50. The molecular formula is C62H109NO21. The van der Waals surface area contributed by atoms with Crippen LogP contribution in [-0.4, -0.2) is 228 Å². The third-order valence-corrected chi connectivity index (χ3v) is 17.2. The van der Waals surface area contributed by atoms with Crippen LogP contribution in [0.4, 0.5) is 0 Å². The molecule has 0 aromatic carbocycles. The predicted octanol–water partition coefficient (Wildman–Crippen LogP) is 0.464. The molecule has 1 saturated heterocycles. The molecule has 2 heterocycles. The van der Waals surface area contributed by atoms with Crippen LogP contribution >= 0.6 is 0 Å². The molecule has 0 amide bonds. The van der Waals surface area contributed by atoms with Crippen LogP contribution in [0, 0.1) is 47.3 Å². The van der Waals surface area contributed by atoms with Crippen molar-refractivity contribution in [3.8, 4) is 0 Å². The normalized spacial score (nSPS) is 42.1. The molecule has 23 unspecified atom stereocenters. The molecule has 19 N–H and O–H groups in total. The molecule has 22 heteroatoms. The third-order valence-electron chi connectivity index (χ3n) is 17.2. The van der Waals surface area contributed by atoms with Crippen LogP contribution in [0.3, 0.4) is 0 Å². The van der Waals surface area contributed by atoms with E-state index in [1.807, 2.05) is 6.08 Å². The van der Waals surface area contributed by atoms with Crippen molar-refractivity contribution in [3.63, 3.8) is 0 Å². The van der Waals surface area contributed by atoms with E-state index in [-0.39, 0.29) is 36.8 Å². The Morgan fingerprint density at radius 2 is 1.19 bits per heavy atom. The van der Waals surface area contributed by atoms with Gasteiger partial charge in [0, 0.05) is 65.8 Å². The van der Waals surface area contributed by atoms with Gasteiger partial charge in [0.2, 0.25) is 0 Å². The molecule has 0 spiro atoms. The Bertz CT molecular complexity index is 2040. The van der Waals surface area contributed by atoms with Crippen molar-refractivity contribution in [2.45, 2.75) is 249 Å². The molecule has 2 rings (SSSR count). The van der Waals surface area contributed by atoms with Crippen LogP contribution < -0.4 is 5.73 Å². The number of allylic oxidation sites excluding steroid dienone is 3. The first kappa shape index (κ1) is 77.2. The molecule has 0 radical (unpaired) electrons. The van der Waals surface area contributed by atoms with Gasteiger partial charge in [0.15, 0.2) is 6.29 Å². The van der Waals surface area contributed by atoms with Crippen molar-refractivity contribution in [3.05, 3.63) is 71.9 Å². The highest BCUT2D eigenvalue weighted by Crippen LogP contribution is 2.31. The van der Waals surface area contributed by atoms with E-state index in [4.69, 9.17) is 19.9 Å². The van der Waals surface area contributed by atoms with Crippen LogP contribution in [0.2, 0.25) is 0 Å². The van der Waals surface area contributed by atoms with E-state index in [1.54, 1.807) is 71.9 Å². The first-order valence-corrected chi connectivity index (χ1v) is 30.1. The van der Waals surface area contributed by atoms with Gasteiger partial charge >= 0.3 is 5.97 Å². The lowest BCUT2D eigenvalue weighted by Gasteiger charge is -2.41. The summed E-state index contributed by atoms with van der Waals surface area (Å²) >= 11 is 0. The van der Waals surface area contributed by atoms with Gasteiger partial charge in [0.25, 0.3) is 0 Å². The summed E-state index contributed by atoms with van der Waals surface area (Å²) in [6, 6.07) is 0. The standard InChI is InChI=1S/C62H109NO21/c1-32-16-11-12-20-47(70)38(7)55(75)33(2)17-13-18-35(4)61(81)82-51(37(6)46(69)21-15-25-63)22-14-19-42(65)27-43(66)28-48(71)39(8)56(76)40(9)49(72)29-44(67)30-50(73)41(10)57(77)52(26-36(5)54(74)34(3)23-24-45(32)68)83-62-60(80)59(79)58(78)53(31-64)84-62/h11,13-14,16-19,23-24,26,32-34,37-60,62,64-80H,12,15,20-22,25,27-31,63H2,1-10H3/t32?,33?,34?,37?,38?,39?,40?,41?,42?,43?,44?,45?,46?,47?,48?,49?,50?,51?,52?,53-,54?,55?,56?,57?,58-,59+,60+,62+/m1/s1. The van der Waals surface area contributed by atoms with Crippen LogP contribution in [0.5, 0.6) is 0 Å². The maximum absolute atomic E-state index is 13.4. The summed E-state index contributed by atoms with van der Waals surface area (Å²) in [7, 11) is 0. The van der Waals surface area contributed by atoms with E-state index >= 15 is 0 Å². The number of aliphatic hydroxyl groups is 17. The Morgan fingerprint density at radius 1 is 0.631 bits per heavy atom. The van der Waals surface area contributed by atoms with Gasteiger partial charge in [-0.15, -0.1) is 0 Å². The molecule has 2 aliphatic heterocycles. The molecule has 84 heavy (non-hydrogen) atoms. The Labute approximate surface area is 497 Å². The predicted molar refractivity (Wildman–Crippen MR) is 315 cm³/mol. The number of rotatable bonds is 8.